The Morgan fingerprint density at radius 3 is 1.65 bits per heavy atom. The largest absolute Gasteiger partial charge is 0.433 e. The van der Waals surface area contributed by atoms with Crippen LogP contribution < -0.4 is 10.4 Å². The Kier molecular flexibility index (Phi) is 5.94. The minimum absolute atomic E-state index is 1.26. The van der Waals surface area contributed by atoms with E-state index in [2.05, 4.69) is 81.3 Å². The van der Waals surface area contributed by atoms with Crippen LogP contribution in [0.3, 0.4) is 0 Å². The summed E-state index contributed by atoms with van der Waals surface area (Å²) in [5, 5.41) is 2.51. The molecule has 0 bridgehead atoms. The van der Waals surface area contributed by atoms with Crippen LogP contribution in [0.4, 0.5) is 0 Å². The van der Waals surface area contributed by atoms with Crippen molar-refractivity contribution >= 4 is 36.3 Å². The van der Waals surface area contributed by atoms with Gasteiger partial charge in [0.2, 0.25) is 0 Å². The third-order valence-corrected chi connectivity index (χ3v) is 13.0. The van der Waals surface area contributed by atoms with Gasteiger partial charge in [-0.2, -0.15) is 0 Å². The lowest BCUT2D eigenvalue weighted by Gasteiger charge is -2.34. The van der Waals surface area contributed by atoms with Gasteiger partial charge in [-0.3, -0.25) is 0 Å². The molecule has 0 aliphatic heterocycles. The summed E-state index contributed by atoms with van der Waals surface area (Å²) in [5.74, 6) is 0. The molecule has 5 heteroatoms. The molecule has 2 nitrogen and oxygen atoms in total. The molecule has 0 amide bonds. The van der Waals surface area contributed by atoms with Gasteiger partial charge in [0.15, 0.2) is 8.32 Å². The molecule has 0 spiro atoms. The SMILES string of the molecule is C=C[Si](C)(C)O[Si](C)(C)O[Si](c1ccccc1)c1ccccc1. The van der Waals surface area contributed by atoms with Gasteiger partial charge in [-0.25, -0.2) is 0 Å². The van der Waals surface area contributed by atoms with Crippen LogP contribution in [0.2, 0.25) is 26.2 Å². The van der Waals surface area contributed by atoms with Crippen LogP contribution >= 0.6 is 0 Å². The average Bonchev–Trinajstić information content (AvgIpc) is 2.53. The third-order valence-electron chi connectivity index (χ3n) is 3.42. The molecule has 0 atom stereocenters. The highest BCUT2D eigenvalue weighted by Crippen LogP contribution is 2.17. The van der Waals surface area contributed by atoms with Crippen LogP contribution in [0.5, 0.6) is 0 Å². The molecule has 0 unspecified atom stereocenters. The molecule has 2 aromatic rings. The van der Waals surface area contributed by atoms with E-state index in [1.165, 1.54) is 10.4 Å². The lowest BCUT2D eigenvalue weighted by molar-refractivity contribution is 0.411. The van der Waals surface area contributed by atoms with Gasteiger partial charge in [-0.1, -0.05) is 66.4 Å². The highest BCUT2D eigenvalue weighted by atomic mass is 28.5. The van der Waals surface area contributed by atoms with E-state index in [-0.39, 0.29) is 0 Å². The number of hydrogen-bond acceptors (Lipinski definition) is 2. The van der Waals surface area contributed by atoms with E-state index in [0.29, 0.717) is 0 Å². The minimum Gasteiger partial charge on any atom is -0.433 e. The van der Waals surface area contributed by atoms with Crippen molar-refractivity contribution in [3.8, 4) is 0 Å². The summed E-state index contributed by atoms with van der Waals surface area (Å²) < 4.78 is 13.1. The molecule has 0 fully saturated rings. The van der Waals surface area contributed by atoms with Crippen molar-refractivity contribution in [1.82, 2.24) is 0 Å². The fraction of sp³-hybridized carbons (Fsp3) is 0.222. The second kappa shape index (κ2) is 7.55. The third kappa shape index (κ3) is 5.40. The average molecular weight is 358 g/mol. The molecule has 0 aromatic heterocycles. The summed E-state index contributed by atoms with van der Waals surface area (Å²) in [6.45, 7) is 12.5. The summed E-state index contributed by atoms with van der Waals surface area (Å²) in [5.41, 5.74) is 1.97. The van der Waals surface area contributed by atoms with E-state index in [4.69, 9.17) is 8.23 Å². The Bertz CT molecular complexity index is 588. The standard InChI is InChI=1S/C18H25O2Si3/c1-6-22(2,3)20-23(4,5)19-21(17-13-9-7-10-14-17)18-15-11-8-12-16-18/h6-16H,1H2,2-5H3. The van der Waals surface area contributed by atoms with Gasteiger partial charge in [0.25, 0.3) is 9.04 Å². The lowest BCUT2D eigenvalue weighted by atomic mass is 10.4. The van der Waals surface area contributed by atoms with E-state index in [0.717, 1.165) is 0 Å². The normalized spacial score (nSPS) is 12.4. The molecule has 2 rings (SSSR count). The van der Waals surface area contributed by atoms with Gasteiger partial charge in [0, 0.05) is 0 Å². The van der Waals surface area contributed by atoms with Crippen LogP contribution in [0.15, 0.2) is 72.9 Å². The first kappa shape index (κ1) is 18.1. The van der Waals surface area contributed by atoms with Crippen molar-refractivity contribution in [3.05, 3.63) is 72.9 Å². The first-order valence-electron chi connectivity index (χ1n) is 7.83. The zero-order valence-electron chi connectivity index (χ0n) is 14.4. The molecule has 0 N–H and O–H groups in total. The zero-order chi connectivity index (χ0) is 16.9. The van der Waals surface area contributed by atoms with Crippen molar-refractivity contribution in [1.29, 1.82) is 0 Å². The summed E-state index contributed by atoms with van der Waals surface area (Å²) in [6.07, 6.45) is 0. The Balaban J connectivity index is 2.30. The van der Waals surface area contributed by atoms with Crippen LogP contribution in [0.25, 0.3) is 0 Å². The fourth-order valence-corrected chi connectivity index (χ4v) is 12.6. The van der Waals surface area contributed by atoms with Crippen LogP contribution in [-0.4, -0.2) is 25.9 Å². The van der Waals surface area contributed by atoms with E-state index < -0.39 is 25.9 Å². The Morgan fingerprint density at radius 2 is 1.26 bits per heavy atom. The molecular weight excluding hydrogens is 332 g/mol. The van der Waals surface area contributed by atoms with Crippen LogP contribution in [0, 0.1) is 0 Å². The Morgan fingerprint density at radius 1 is 0.826 bits per heavy atom. The van der Waals surface area contributed by atoms with Crippen molar-refractivity contribution in [2.75, 3.05) is 0 Å². The van der Waals surface area contributed by atoms with Crippen molar-refractivity contribution in [2.24, 2.45) is 0 Å². The molecule has 1 radical (unpaired) electrons. The first-order chi connectivity index (χ1) is 10.8. The van der Waals surface area contributed by atoms with Gasteiger partial charge in [0.1, 0.15) is 0 Å². The summed E-state index contributed by atoms with van der Waals surface area (Å²) in [4.78, 5) is 0. The molecule has 23 heavy (non-hydrogen) atoms. The zero-order valence-corrected chi connectivity index (χ0v) is 17.4. The maximum Gasteiger partial charge on any atom is 0.311 e. The molecule has 0 aliphatic carbocycles. The number of benzene rings is 2. The van der Waals surface area contributed by atoms with Crippen molar-refractivity contribution in [3.63, 3.8) is 0 Å². The summed E-state index contributed by atoms with van der Waals surface area (Å²) in [7, 11) is -5.43. The predicted molar refractivity (Wildman–Crippen MR) is 105 cm³/mol. The summed E-state index contributed by atoms with van der Waals surface area (Å²) >= 11 is 0. The molecule has 121 valence electrons. The van der Waals surface area contributed by atoms with Gasteiger partial charge in [-0.15, -0.1) is 6.58 Å². The van der Waals surface area contributed by atoms with Gasteiger partial charge in [-0.05, 0) is 36.6 Å². The van der Waals surface area contributed by atoms with E-state index in [1.807, 2.05) is 17.8 Å². The van der Waals surface area contributed by atoms with Crippen molar-refractivity contribution < 1.29 is 8.23 Å². The maximum atomic E-state index is 6.65. The molecular formula is C18H25O2Si3. The van der Waals surface area contributed by atoms with Crippen LogP contribution in [-0.2, 0) is 8.23 Å². The topological polar surface area (TPSA) is 18.5 Å². The Hall–Kier alpha value is -1.25. The van der Waals surface area contributed by atoms with E-state index >= 15 is 0 Å². The highest BCUT2D eigenvalue weighted by Gasteiger charge is 2.36. The quantitative estimate of drug-likeness (QED) is 0.707. The second-order valence-electron chi connectivity index (χ2n) is 6.47. The van der Waals surface area contributed by atoms with E-state index in [1.54, 1.807) is 0 Å². The van der Waals surface area contributed by atoms with Crippen molar-refractivity contribution in [2.45, 2.75) is 26.2 Å². The number of hydrogen-bond donors (Lipinski definition) is 0. The second-order valence-corrected chi connectivity index (χ2v) is 16.3. The first-order valence-corrected chi connectivity index (χ1v) is 15.0. The van der Waals surface area contributed by atoms with Gasteiger partial charge >= 0.3 is 8.56 Å². The van der Waals surface area contributed by atoms with E-state index in [9.17, 15) is 0 Å². The molecule has 0 aliphatic rings. The number of rotatable bonds is 7. The molecule has 0 heterocycles. The lowest BCUT2D eigenvalue weighted by Crippen LogP contribution is -2.55. The van der Waals surface area contributed by atoms with Gasteiger partial charge in [0.05, 0.1) is 0 Å². The molecule has 2 aromatic carbocycles. The fourth-order valence-electron chi connectivity index (χ4n) is 2.41. The predicted octanol–water partition coefficient (Wildman–Crippen LogP) is 3.46. The molecule has 0 saturated heterocycles. The maximum absolute atomic E-state index is 6.65. The van der Waals surface area contributed by atoms with Crippen LogP contribution in [0.1, 0.15) is 0 Å². The van der Waals surface area contributed by atoms with Gasteiger partial charge < -0.3 is 8.23 Å². The smallest absolute Gasteiger partial charge is 0.311 e. The minimum atomic E-state index is -2.25. The highest BCUT2D eigenvalue weighted by molar-refractivity contribution is 6.91. The monoisotopic (exact) mass is 357 g/mol. The summed E-state index contributed by atoms with van der Waals surface area (Å²) in [6, 6.07) is 21.0. The molecule has 0 saturated carbocycles. The Labute approximate surface area is 143 Å².